The quantitative estimate of drug-likeness (QED) is 0.913. The Balaban J connectivity index is 1.82. The maximum Gasteiger partial charge on any atom is 0.264 e. The molecule has 0 radical (unpaired) electrons. The molecule has 0 saturated carbocycles. The lowest BCUT2D eigenvalue weighted by atomic mass is 9.90. The normalized spacial score (nSPS) is 26.4. The zero-order valence-corrected chi connectivity index (χ0v) is 13.6. The number of thioether (sulfide) groups is 1. The van der Waals surface area contributed by atoms with Crippen molar-refractivity contribution in [2.45, 2.75) is 38.0 Å². The van der Waals surface area contributed by atoms with E-state index in [1.54, 1.807) is 11.3 Å². The SMILES string of the molecule is CC1CCCN(C(=O)c2cc3c(s2)CCSC3)C1CN. The summed E-state index contributed by atoms with van der Waals surface area (Å²) in [5, 5.41) is 0. The Morgan fingerprint density at radius 2 is 2.40 bits per heavy atom. The molecule has 2 N–H and O–H groups in total. The summed E-state index contributed by atoms with van der Waals surface area (Å²) in [6.07, 6.45) is 3.41. The largest absolute Gasteiger partial charge is 0.333 e. The number of likely N-dealkylation sites (tertiary alicyclic amines) is 1. The highest BCUT2D eigenvalue weighted by molar-refractivity contribution is 7.98. The van der Waals surface area contributed by atoms with Crippen LogP contribution in [0.2, 0.25) is 0 Å². The summed E-state index contributed by atoms with van der Waals surface area (Å²) in [6.45, 7) is 3.66. The van der Waals surface area contributed by atoms with Crippen molar-refractivity contribution in [2.75, 3.05) is 18.8 Å². The molecule has 0 bridgehead atoms. The van der Waals surface area contributed by atoms with Gasteiger partial charge in [0.25, 0.3) is 5.91 Å². The second kappa shape index (κ2) is 6.08. The molecule has 1 amide bonds. The van der Waals surface area contributed by atoms with Crippen molar-refractivity contribution >= 4 is 29.0 Å². The van der Waals surface area contributed by atoms with Crippen LogP contribution in [0, 0.1) is 5.92 Å². The molecule has 2 unspecified atom stereocenters. The molecular formula is C15H22N2OS2. The summed E-state index contributed by atoms with van der Waals surface area (Å²) >= 11 is 3.67. The predicted octanol–water partition coefficient (Wildman–Crippen LogP) is 2.74. The van der Waals surface area contributed by atoms with Gasteiger partial charge in [-0.05, 0) is 42.6 Å². The fourth-order valence-electron chi connectivity index (χ4n) is 3.25. The highest BCUT2D eigenvalue weighted by Crippen LogP contribution is 2.33. The second-order valence-electron chi connectivity index (χ2n) is 5.78. The number of amides is 1. The molecule has 0 aliphatic carbocycles. The fourth-order valence-corrected chi connectivity index (χ4v) is 5.58. The van der Waals surface area contributed by atoms with Gasteiger partial charge in [-0.15, -0.1) is 11.3 Å². The molecule has 0 aromatic carbocycles. The standard InChI is InChI=1S/C15H22N2OS2/c1-10-3-2-5-17(12(10)8-16)15(18)14-7-11-9-19-6-4-13(11)20-14/h7,10,12H,2-6,8-9,16H2,1H3. The number of carbonyl (C=O) groups excluding carboxylic acids is 1. The number of hydrogen-bond donors (Lipinski definition) is 1. The van der Waals surface area contributed by atoms with Crippen molar-refractivity contribution in [3.05, 3.63) is 21.4 Å². The van der Waals surface area contributed by atoms with Crippen LogP contribution >= 0.6 is 23.1 Å². The highest BCUT2D eigenvalue weighted by Gasteiger charge is 2.32. The molecule has 3 rings (SSSR count). The minimum absolute atomic E-state index is 0.205. The Kier molecular flexibility index (Phi) is 4.38. The van der Waals surface area contributed by atoms with Crippen molar-refractivity contribution in [1.29, 1.82) is 0 Å². The third-order valence-electron chi connectivity index (χ3n) is 4.46. The molecule has 1 fully saturated rings. The molecule has 1 aromatic rings. The third kappa shape index (κ3) is 2.63. The van der Waals surface area contributed by atoms with Gasteiger partial charge in [0.2, 0.25) is 0 Å². The van der Waals surface area contributed by atoms with Crippen LogP contribution in [0.3, 0.4) is 0 Å². The average molecular weight is 310 g/mol. The zero-order valence-electron chi connectivity index (χ0n) is 11.9. The molecule has 1 aromatic heterocycles. The first-order valence-corrected chi connectivity index (χ1v) is 9.38. The average Bonchev–Trinajstić information content (AvgIpc) is 2.90. The van der Waals surface area contributed by atoms with Gasteiger partial charge in [-0.25, -0.2) is 0 Å². The van der Waals surface area contributed by atoms with Crippen LogP contribution in [0.25, 0.3) is 0 Å². The lowest BCUT2D eigenvalue weighted by Crippen LogP contribution is -2.51. The third-order valence-corrected chi connectivity index (χ3v) is 6.69. The van der Waals surface area contributed by atoms with Crippen LogP contribution in [0.5, 0.6) is 0 Å². The Bertz CT molecular complexity index is 477. The number of thiophene rings is 1. The molecule has 2 atom stereocenters. The number of nitrogens with zero attached hydrogens (tertiary/aromatic N) is 1. The van der Waals surface area contributed by atoms with Gasteiger partial charge in [0.15, 0.2) is 0 Å². The fraction of sp³-hybridized carbons (Fsp3) is 0.667. The molecule has 2 aliphatic heterocycles. The number of nitrogens with two attached hydrogens (primary N) is 1. The van der Waals surface area contributed by atoms with Crippen molar-refractivity contribution in [2.24, 2.45) is 11.7 Å². The van der Waals surface area contributed by atoms with Gasteiger partial charge in [0.05, 0.1) is 4.88 Å². The van der Waals surface area contributed by atoms with Crippen LogP contribution in [0.15, 0.2) is 6.07 Å². The number of hydrogen-bond acceptors (Lipinski definition) is 4. The summed E-state index contributed by atoms with van der Waals surface area (Å²) in [5.74, 6) is 2.97. The number of piperidine rings is 1. The monoisotopic (exact) mass is 310 g/mol. The van der Waals surface area contributed by atoms with E-state index in [1.807, 2.05) is 16.7 Å². The predicted molar refractivity (Wildman–Crippen MR) is 86.5 cm³/mol. The number of carbonyl (C=O) groups is 1. The summed E-state index contributed by atoms with van der Waals surface area (Å²) < 4.78 is 0. The first-order chi connectivity index (χ1) is 9.70. The van der Waals surface area contributed by atoms with E-state index < -0.39 is 0 Å². The van der Waals surface area contributed by atoms with Crippen molar-refractivity contribution in [3.63, 3.8) is 0 Å². The van der Waals surface area contributed by atoms with Crippen LogP contribution < -0.4 is 5.73 Å². The van der Waals surface area contributed by atoms with E-state index in [-0.39, 0.29) is 11.9 Å². The van der Waals surface area contributed by atoms with Gasteiger partial charge in [-0.1, -0.05) is 6.92 Å². The van der Waals surface area contributed by atoms with Crippen molar-refractivity contribution in [3.8, 4) is 0 Å². The second-order valence-corrected chi connectivity index (χ2v) is 8.02. The summed E-state index contributed by atoms with van der Waals surface area (Å²) in [6, 6.07) is 2.34. The number of aryl methyl sites for hydroxylation is 1. The molecule has 3 nitrogen and oxygen atoms in total. The van der Waals surface area contributed by atoms with Gasteiger partial charge >= 0.3 is 0 Å². The maximum absolute atomic E-state index is 12.8. The van der Waals surface area contributed by atoms with Gasteiger partial charge in [0, 0.05) is 29.8 Å². The summed E-state index contributed by atoms with van der Waals surface area (Å²) in [7, 11) is 0. The first kappa shape index (κ1) is 14.4. The molecule has 1 saturated heterocycles. The van der Waals surface area contributed by atoms with Crippen LogP contribution in [0.4, 0.5) is 0 Å². The topological polar surface area (TPSA) is 46.3 Å². The van der Waals surface area contributed by atoms with E-state index in [1.165, 1.54) is 22.6 Å². The Morgan fingerprint density at radius 3 is 3.15 bits per heavy atom. The van der Waals surface area contributed by atoms with E-state index in [0.29, 0.717) is 12.5 Å². The van der Waals surface area contributed by atoms with Gasteiger partial charge in [-0.2, -0.15) is 11.8 Å². The van der Waals surface area contributed by atoms with Crippen LogP contribution in [0.1, 0.15) is 39.9 Å². The van der Waals surface area contributed by atoms with E-state index >= 15 is 0 Å². The summed E-state index contributed by atoms with van der Waals surface area (Å²) in [4.78, 5) is 17.2. The lowest BCUT2D eigenvalue weighted by molar-refractivity contribution is 0.0537. The van der Waals surface area contributed by atoms with E-state index in [9.17, 15) is 4.79 Å². The van der Waals surface area contributed by atoms with Crippen molar-refractivity contribution < 1.29 is 4.79 Å². The maximum atomic E-state index is 12.8. The van der Waals surface area contributed by atoms with E-state index in [2.05, 4.69) is 13.0 Å². The number of rotatable bonds is 2. The smallest absolute Gasteiger partial charge is 0.264 e. The van der Waals surface area contributed by atoms with E-state index in [0.717, 1.165) is 30.0 Å². The molecule has 0 spiro atoms. The molecule has 3 heterocycles. The Labute approximate surface area is 128 Å². The summed E-state index contributed by atoms with van der Waals surface area (Å²) in [5.41, 5.74) is 7.28. The highest BCUT2D eigenvalue weighted by atomic mass is 32.2. The molecule has 110 valence electrons. The number of fused-ring (bicyclic) bond motifs is 1. The van der Waals surface area contributed by atoms with Gasteiger partial charge in [-0.3, -0.25) is 4.79 Å². The minimum Gasteiger partial charge on any atom is -0.333 e. The Hall–Kier alpha value is -0.520. The zero-order chi connectivity index (χ0) is 14.1. The van der Waals surface area contributed by atoms with Gasteiger partial charge in [0.1, 0.15) is 0 Å². The van der Waals surface area contributed by atoms with Crippen LogP contribution in [-0.4, -0.2) is 35.7 Å². The lowest BCUT2D eigenvalue weighted by Gasteiger charge is -2.39. The molecule has 2 aliphatic rings. The van der Waals surface area contributed by atoms with Crippen LogP contribution in [-0.2, 0) is 12.2 Å². The molecule has 20 heavy (non-hydrogen) atoms. The molecular weight excluding hydrogens is 288 g/mol. The first-order valence-electron chi connectivity index (χ1n) is 7.41. The van der Waals surface area contributed by atoms with E-state index in [4.69, 9.17) is 5.73 Å². The van der Waals surface area contributed by atoms with Gasteiger partial charge < -0.3 is 10.6 Å². The Morgan fingerprint density at radius 1 is 1.55 bits per heavy atom. The van der Waals surface area contributed by atoms with Crippen molar-refractivity contribution in [1.82, 2.24) is 4.90 Å². The minimum atomic E-state index is 0.205. The molecule has 5 heteroatoms.